The van der Waals surface area contributed by atoms with Crippen molar-refractivity contribution < 1.29 is 33.2 Å². The maximum atomic E-state index is 12.9. The number of carbonyl (C=O) groups excluding carboxylic acids is 1. The summed E-state index contributed by atoms with van der Waals surface area (Å²) < 4.78 is 33.8. The fraction of sp³-hybridized carbons (Fsp3) is 0.429. The van der Waals surface area contributed by atoms with E-state index in [1.54, 1.807) is 19.2 Å². The molecule has 0 atom stereocenters. The van der Waals surface area contributed by atoms with Crippen molar-refractivity contribution >= 4 is 17.5 Å². The third-order valence-electron chi connectivity index (χ3n) is 6.47. The molecule has 0 saturated heterocycles. The predicted octanol–water partition coefficient (Wildman–Crippen LogP) is 5.09. The number of nitrogens with zero attached hydrogens (tertiary/aromatic N) is 2. The lowest BCUT2D eigenvalue weighted by Gasteiger charge is -2.18. The van der Waals surface area contributed by atoms with Gasteiger partial charge in [0.25, 0.3) is 0 Å². The van der Waals surface area contributed by atoms with E-state index in [-0.39, 0.29) is 24.9 Å². The van der Waals surface area contributed by atoms with Crippen LogP contribution in [0.25, 0.3) is 0 Å². The molecule has 1 aliphatic rings. The summed E-state index contributed by atoms with van der Waals surface area (Å²) in [5.41, 5.74) is 2.75. The Balaban J connectivity index is 1.75. The number of ether oxygens (including phenoxy) is 6. The number of hydrogen-bond acceptors (Lipinski definition) is 9. The highest BCUT2D eigenvalue weighted by atomic mass is 16.7. The van der Waals surface area contributed by atoms with Gasteiger partial charge in [-0.25, -0.2) is 9.48 Å². The van der Waals surface area contributed by atoms with Gasteiger partial charge in [0, 0.05) is 38.3 Å². The van der Waals surface area contributed by atoms with Crippen LogP contribution in [-0.4, -0.2) is 57.8 Å². The second-order valence-electron chi connectivity index (χ2n) is 9.00. The zero-order valence-electron chi connectivity index (χ0n) is 22.3. The predicted molar refractivity (Wildman–Crippen MR) is 142 cm³/mol. The number of anilines is 2. The average molecular weight is 526 g/mol. The highest BCUT2D eigenvalue weighted by Crippen LogP contribution is 2.38. The molecule has 1 aromatic heterocycles. The van der Waals surface area contributed by atoms with E-state index in [2.05, 4.69) is 11.4 Å². The molecule has 0 aliphatic heterocycles. The number of nitrogens with one attached hydrogen (secondary N) is 1. The van der Waals surface area contributed by atoms with Crippen LogP contribution in [0.4, 0.5) is 11.5 Å². The summed E-state index contributed by atoms with van der Waals surface area (Å²) in [5.74, 6) is 2.07. The van der Waals surface area contributed by atoms with Gasteiger partial charge in [-0.2, -0.15) is 5.10 Å². The molecule has 2 aromatic carbocycles. The van der Waals surface area contributed by atoms with Crippen LogP contribution in [0.5, 0.6) is 17.2 Å². The van der Waals surface area contributed by atoms with Crippen LogP contribution in [-0.2, 0) is 20.8 Å². The first-order valence-corrected chi connectivity index (χ1v) is 12.5. The molecule has 38 heavy (non-hydrogen) atoms. The Morgan fingerprint density at radius 3 is 2.32 bits per heavy atom. The topological polar surface area (TPSA) is 102 Å². The molecule has 204 valence electrons. The summed E-state index contributed by atoms with van der Waals surface area (Å²) in [6.45, 7) is 0.500. The maximum Gasteiger partial charge on any atom is 0.343 e. The smallest absolute Gasteiger partial charge is 0.343 e. The largest absolute Gasteiger partial charge is 0.497 e. The first kappa shape index (κ1) is 27.3. The van der Waals surface area contributed by atoms with Crippen LogP contribution >= 0.6 is 0 Å². The fourth-order valence-electron chi connectivity index (χ4n) is 4.57. The first-order valence-electron chi connectivity index (χ1n) is 12.5. The van der Waals surface area contributed by atoms with E-state index in [1.807, 2.05) is 28.9 Å². The molecular formula is C28H35N3O7. The van der Waals surface area contributed by atoms with Crippen molar-refractivity contribution in [2.75, 3.05) is 47.3 Å². The van der Waals surface area contributed by atoms with Gasteiger partial charge in [0.2, 0.25) is 0 Å². The van der Waals surface area contributed by atoms with Crippen LogP contribution in [0.15, 0.2) is 42.5 Å². The summed E-state index contributed by atoms with van der Waals surface area (Å²) in [6, 6.07) is 13.2. The van der Waals surface area contributed by atoms with Gasteiger partial charge in [0.05, 0.1) is 32.1 Å². The Labute approximate surface area is 222 Å². The Kier molecular flexibility index (Phi) is 9.45. The molecule has 0 unspecified atom stereocenters. The van der Waals surface area contributed by atoms with Crippen molar-refractivity contribution in [3.8, 4) is 17.2 Å². The van der Waals surface area contributed by atoms with Gasteiger partial charge in [-0.1, -0.05) is 25.0 Å². The van der Waals surface area contributed by atoms with E-state index in [4.69, 9.17) is 33.5 Å². The Morgan fingerprint density at radius 1 is 0.947 bits per heavy atom. The standard InChI is InChI=1S/C28H35N3O7/c1-33-17-37-22-13-24(27(28(32)36-4)25(14-22)38-18-34-2)29-26-15-23(20-7-5-6-8-20)30-31(26)16-19-9-11-21(35-3)12-10-19/h9-15,20,29H,5-8,16-18H2,1-4H3. The maximum absolute atomic E-state index is 12.9. The van der Waals surface area contributed by atoms with Crippen molar-refractivity contribution in [3.63, 3.8) is 0 Å². The molecule has 1 saturated carbocycles. The van der Waals surface area contributed by atoms with Crippen molar-refractivity contribution in [3.05, 3.63) is 59.3 Å². The third-order valence-corrected chi connectivity index (χ3v) is 6.47. The van der Waals surface area contributed by atoms with E-state index in [0.29, 0.717) is 23.9 Å². The Morgan fingerprint density at radius 2 is 1.66 bits per heavy atom. The Bertz CT molecular complexity index is 1200. The van der Waals surface area contributed by atoms with Gasteiger partial charge in [-0.15, -0.1) is 0 Å². The number of aromatic nitrogens is 2. The van der Waals surface area contributed by atoms with Gasteiger partial charge >= 0.3 is 5.97 Å². The van der Waals surface area contributed by atoms with Crippen molar-refractivity contribution in [1.29, 1.82) is 0 Å². The van der Waals surface area contributed by atoms with E-state index >= 15 is 0 Å². The first-order chi connectivity index (χ1) is 18.6. The minimum absolute atomic E-state index is 0.0297. The molecule has 0 radical (unpaired) electrons. The summed E-state index contributed by atoms with van der Waals surface area (Å²) >= 11 is 0. The second-order valence-corrected chi connectivity index (χ2v) is 9.00. The molecule has 0 bridgehead atoms. The lowest BCUT2D eigenvalue weighted by Crippen LogP contribution is -2.13. The molecule has 10 heteroatoms. The van der Waals surface area contributed by atoms with Gasteiger partial charge < -0.3 is 33.7 Å². The van der Waals surface area contributed by atoms with Gasteiger partial charge in [-0.3, -0.25) is 0 Å². The van der Waals surface area contributed by atoms with Crippen LogP contribution in [0.3, 0.4) is 0 Å². The molecule has 0 spiro atoms. The quantitative estimate of drug-likeness (QED) is 0.241. The van der Waals surface area contributed by atoms with Crippen molar-refractivity contribution in [1.82, 2.24) is 9.78 Å². The van der Waals surface area contributed by atoms with E-state index in [9.17, 15) is 4.79 Å². The van der Waals surface area contributed by atoms with E-state index in [1.165, 1.54) is 34.2 Å². The highest BCUT2D eigenvalue weighted by Gasteiger charge is 2.25. The number of benzene rings is 2. The average Bonchev–Trinajstić information content (AvgIpc) is 3.61. The number of hydrogen-bond donors (Lipinski definition) is 1. The molecule has 3 aromatic rings. The Hall–Kier alpha value is -3.76. The second kappa shape index (κ2) is 13.2. The number of methoxy groups -OCH3 is 4. The zero-order valence-corrected chi connectivity index (χ0v) is 22.3. The van der Waals surface area contributed by atoms with E-state index in [0.717, 1.165) is 35.7 Å². The SMILES string of the molecule is COCOc1cc(Nc2cc(C3CCCC3)nn2Cc2ccc(OC)cc2)c(C(=O)OC)c(OCOC)c1. The summed E-state index contributed by atoms with van der Waals surface area (Å²) in [5, 5.41) is 8.38. The molecule has 1 aliphatic carbocycles. The molecule has 4 rings (SSSR count). The van der Waals surface area contributed by atoms with E-state index < -0.39 is 5.97 Å². The van der Waals surface area contributed by atoms with Crippen LogP contribution in [0.1, 0.15) is 53.2 Å². The van der Waals surface area contributed by atoms with Crippen molar-refractivity contribution in [2.45, 2.75) is 38.1 Å². The lowest BCUT2D eigenvalue weighted by molar-refractivity contribution is 0.0436. The molecule has 10 nitrogen and oxygen atoms in total. The van der Waals surface area contributed by atoms with Crippen molar-refractivity contribution in [2.24, 2.45) is 0 Å². The normalized spacial score (nSPS) is 13.4. The molecule has 1 fully saturated rings. The fourth-order valence-corrected chi connectivity index (χ4v) is 4.57. The monoisotopic (exact) mass is 525 g/mol. The van der Waals surface area contributed by atoms with Crippen LogP contribution in [0, 0.1) is 0 Å². The van der Waals surface area contributed by atoms with Crippen LogP contribution < -0.4 is 19.5 Å². The van der Waals surface area contributed by atoms with Gasteiger partial charge in [0.1, 0.15) is 28.6 Å². The highest BCUT2D eigenvalue weighted by molar-refractivity contribution is 6.00. The molecular weight excluding hydrogens is 490 g/mol. The van der Waals surface area contributed by atoms with Gasteiger partial charge in [-0.05, 0) is 30.5 Å². The number of rotatable bonds is 13. The summed E-state index contributed by atoms with van der Waals surface area (Å²) in [4.78, 5) is 12.9. The number of esters is 1. The minimum Gasteiger partial charge on any atom is -0.497 e. The van der Waals surface area contributed by atoms with Gasteiger partial charge in [0.15, 0.2) is 13.6 Å². The molecule has 1 N–H and O–H groups in total. The molecule has 0 amide bonds. The zero-order chi connectivity index (χ0) is 26.9. The summed E-state index contributed by atoms with van der Waals surface area (Å²) in [7, 11) is 6.01. The summed E-state index contributed by atoms with van der Waals surface area (Å²) in [6.07, 6.45) is 4.62. The lowest BCUT2D eigenvalue weighted by atomic mass is 10.0. The minimum atomic E-state index is -0.561. The number of carbonyl (C=O) groups is 1. The molecule has 1 heterocycles. The van der Waals surface area contributed by atoms with Crippen LogP contribution in [0.2, 0.25) is 0 Å². The third kappa shape index (κ3) is 6.56.